The third-order valence-corrected chi connectivity index (χ3v) is 4.69. The molecule has 2 aromatic heterocycles. The number of hydrogen-bond acceptors (Lipinski definition) is 6. The molecule has 0 radical (unpaired) electrons. The lowest BCUT2D eigenvalue weighted by Gasteiger charge is -2.05. The van der Waals surface area contributed by atoms with Gasteiger partial charge in [0, 0.05) is 43.3 Å². The van der Waals surface area contributed by atoms with Gasteiger partial charge in [0.25, 0.3) is 5.56 Å². The normalized spacial score (nSPS) is 15.0. The number of ether oxygens (including phenoxy) is 1. The molecule has 0 fully saturated rings. The van der Waals surface area contributed by atoms with Crippen molar-refractivity contribution < 1.29 is 14.1 Å². The average Bonchev–Trinajstić information content (AvgIpc) is 3.30. The van der Waals surface area contributed by atoms with Crippen molar-refractivity contribution in [2.75, 3.05) is 0 Å². The zero-order valence-electron chi connectivity index (χ0n) is 15.8. The minimum atomic E-state index is -0.542. The van der Waals surface area contributed by atoms with Crippen LogP contribution < -0.4 is 21.3 Å². The Morgan fingerprint density at radius 2 is 2.17 bits per heavy atom. The quantitative estimate of drug-likeness (QED) is 0.647. The molecule has 1 atom stereocenters. The minimum absolute atomic E-state index is 0.0943. The number of nitrogens with one attached hydrogen (secondary N) is 2. The Hall–Kier alpha value is -3.62. The third kappa shape index (κ3) is 4.29. The highest BCUT2D eigenvalue weighted by atomic mass is 16.5. The topological polar surface area (TPSA) is 119 Å². The van der Waals surface area contributed by atoms with E-state index >= 15 is 0 Å². The Bertz CT molecular complexity index is 1160. The summed E-state index contributed by atoms with van der Waals surface area (Å²) in [5.41, 5.74) is 1.61. The van der Waals surface area contributed by atoms with Gasteiger partial charge >= 0.3 is 5.69 Å². The largest absolute Gasteiger partial charge is 0.490 e. The third-order valence-electron chi connectivity index (χ3n) is 4.69. The van der Waals surface area contributed by atoms with Crippen LogP contribution in [0.15, 0.2) is 50.6 Å². The molecule has 0 aliphatic carbocycles. The lowest BCUT2D eigenvalue weighted by atomic mass is 10.1. The molecule has 2 N–H and O–H groups in total. The van der Waals surface area contributed by atoms with Gasteiger partial charge in [0.2, 0.25) is 5.91 Å². The first-order chi connectivity index (χ1) is 14.0. The van der Waals surface area contributed by atoms with E-state index in [1.807, 2.05) is 25.1 Å². The van der Waals surface area contributed by atoms with Gasteiger partial charge in [-0.1, -0.05) is 17.3 Å². The van der Waals surface area contributed by atoms with E-state index in [1.54, 1.807) is 6.07 Å². The van der Waals surface area contributed by atoms with Gasteiger partial charge in [0.1, 0.15) is 17.5 Å². The maximum Gasteiger partial charge on any atom is 0.328 e. The molecule has 0 bridgehead atoms. The molecule has 1 aliphatic rings. The van der Waals surface area contributed by atoms with E-state index in [4.69, 9.17) is 9.26 Å². The van der Waals surface area contributed by atoms with Crippen molar-refractivity contribution in [1.82, 2.24) is 20.0 Å². The Morgan fingerprint density at radius 1 is 1.31 bits per heavy atom. The van der Waals surface area contributed by atoms with Crippen LogP contribution in [0.25, 0.3) is 11.3 Å². The number of carbonyl (C=O) groups is 1. The maximum absolute atomic E-state index is 12.0. The fourth-order valence-electron chi connectivity index (χ4n) is 3.21. The molecule has 1 unspecified atom stereocenters. The number of rotatable bonds is 6. The highest BCUT2D eigenvalue weighted by Crippen LogP contribution is 2.33. The summed E-state index contributed by atoms with van der Waals surface area (Å²) >= 11 is 0. The van der Waals surface area contributed by atoms with Crippen molar-refractivity contribution in [3.05, 3.63) is 68.6 Å². The van der Waals surface area contributed by atoms with Crippen LogP contribution >= 0.6 is 0 Å². The number of aromatic amines is 1. The number of nitrogens with zero attached hydrogens (tertiary/aromatic N) is 2. The Kier molecular flexibility index (Phi) is 5.03. The van der Waals surface area contributed by atoms with Gasteiger partial charge in [0.05, 0.1) is 6.54 Å². The number of benzene rings is 1. The lowest BCUT2D eigenvalue weighted by Crippen LogP contribution is -2.31. The number of H-pyrrole nitrogens is 1. The molecule has 29 heavy (non-hydrogen) atoms. The Morgan fingerprint density at radius 3 is 3.00 bits per heavy atom. The molecule has 1 aliphatic heterocycles. The van der Waals surface area contributed by atoms with Gasteiger partial charge in [-0.2, -0.15) is 0 Å². The summed E-state index contributed by atoms with van der Waals surface area (Å²) in [6.45, 7) is 2.41. The monoisotopic (exact) mass is 396 g/mol. The van der Waals surface area contributed by atoms with E-state index in [0.29, 0.717) is 11.5 Å². The second kappa shape index (κ2) is 7.78. The van der Waals surface area contributed by atoms with E-state index in [1.165, 1.54) is 22.4 Å². The zero-order chi connectivity index (χ0) is 20.4. The van der Waals surface area contributed by atoms with Crippen LogP contribution in [-0.4, -0.2) is 26.7 Å². The van der Waals surface area contributed by atoms with Crippen molar-refractivity contribution in [2.24, 2.45) is 0 Å². The highest BCUT2D eigenvalue weighted by molar-refractivity contribution is 5.75. The number of carbonyl (C=O) groups excluding carboxylic acids is 1. The summed E-state index contributed by atoms with van der Waals surface area (Å²) in [4.78, 5) is 36.8. The first kappa shape index (κ1) is 18.7. The van der Waals surface area contributed by atoms with Crippen LogP contribution in [0, 0.1) is 0 Å². The SMILES string of the molecule is CC1Cc2ccc(-c3cc(CNC(=O)CCn4ccc(=O)[nH]c4=O)no3)cc2O1. The molecular formula is C20H20N4O5. The second-order valence-corrected chi connectivity index (χ2v) is 6.97. The molecule has 3 aromatic rings. The van der Waals surface area contributed by atoms with Crippen molar-refractivity contribution in [3.8, 4) is 17.1 Å². The fourth-order valence-corrected chi connectivity index (χ4v) is 3.21. The number of fused-ring (bicyclic) bond motifs is 1. The molecule has 1 amide bonds. The first-order valence-electron chi connectivity index (χ1n) is 9.30. The molecule has 9 heteroatoms. The molecule has 0 spiro atoms. The van der Waals surface area contributed by atoms with E-state index in [0.717, 1.165) is 17.7 Å². The van der Waals surface area contributed by atoms with Crippen molar-refractivity contribution in [2.45, 2.75) is 39.0 Å². The molecule has 150 valence electrons. The smallest absolute Gasteiger partial charge is 0.328 e. The maximum atomic E-state index is 12.0. The molecule has 0 saturated heterocycles. The Labute approximate surface area is 165 Å². The van der Waals surface area contributed by atoms with Crippen LogP contribution in [0.4, 0.5) is 0 Å². The van der Waals surface area contributed by atoms with Gasteiger partial charge in [-0.25, -0.2) is 4.79 Å². The van der Waals surface area contributed by atoms with E-state index in [-0.39, 0.29) is 31.5 Å². The zero-order valence-corrected chi connectivity index (χ0v) is 15.8. The van der Waals surface area contributed by atoms with Crippen LogP contribution in [0.3, 0.4) is 0 Å². The second-order valence-electron chi connectivity index (χ2n) is 6.97. The van der Waals surface area contributed by atoms with Crippen LogP contribution in [0.5, 0.6) is 5.75 Å². The van der Waals surface area contributed by atoms with Gasteiger partial charge in [-0.05, 0) is 18.6 Å². The van der Waals surface area contributed by atoms with Crippen molar-refractivity contribution in [1.29, 1.82) is 0 Å². The Balaban J connectivity index is 1.32. The standard InChI is InChI=1S/C20H20N4O5/c1-12-8-13-2-3-14(9-16(13)28-12)17-10-15(23-29-17)11-21-18(25)4-6-24-7-5-19(26)22-20(24)27/h2-3,5,7,9-10,12H,4,6,8,11H2,1H3,(H,21,25)(H,22,26,27). The summed E-state index contributed by atoms with van der Waals surface area (Å²) in [5, 5.41) is 6.73. The average molecular weight is 396 g/mol. The summed E-state index contributed by atoms with van der Waals surface area (Å²) in [6.07, 6.45) is 2.53. The summed E-state index contributed by atoms with van der Waals surface area (Å²) < 4.78 is 12.4. The molecular weight excluding hydrogens is 376 g/mol. The molecule has 1 aromatic carbocycles. The van der Waals surface area contributed by atoms with Crippen molar-refractivity contribution in [3.63, 3.8) is 0 Å². The fraction of sp³-hybridized carbons (Fsp3) is 0.300. The van der Waals surface area contributed by atoms with Crippen LogP contribution in [0.2, 0.25) is 0 Å². The molecule has 0 saturated carbocycles. The van der Waals surface area contributed by atoms with Crippen molar-refractivity contribution >= 4 is 5.91 Å². The lowest BCUT2D eigenvalue weighted by molar-refractivity contribution is -0.121. The number of aryl methyl sites for hydroxylation is 1. The number of hydrogen-bond donors (Lipinski definition) is 2. The summed E-state index contributed by atoms with van der Waals surface area (Å²) in [7, 11) is 0. The predicted octanol–water partition coefficient (Wildman–Crippen LogP) is 1.22. The predicted molar refractivity (Wildman–Crippen MR) is 104 cm³/mol. The van der Waals surface area contributed by atoms with Gasteiger partial charge in [0.15, 0.2) is 5.76 Å². The van der Waals surface area contributed by atoms with Crippen LogP contribution in [0.1, 0.15) is 24.6 Å². The van der Waals surface area contributed by atoms with E-state index < -0.39 is 11.2 Å². The highest BCUT2D eigenvalue weighted by Gasteiger charge is 2.20. The summed E-state index contributed by atoms with van der Waals surface area (Å²) in [6, 6.07) is 8.93. The van der Waals surface area contributed by atoms with E-state index in [9.17, 15) is 14.4 Å². The first-order valence-corrected chi connectivity index (χ1v) is 9.30. The molecule has 9 nitrogen and oxygen atoms in total. The minimum Gasteiger partial charge on any atom is -0.490 e. The van der Waals surface area contributed by atoms with Crippen LogP contribution in [-0.2, 0) is 24.3 Å². The molecule has 4 rings (SSSR count). The number of aromatic nitrogens is 3. The van der Waals surface area contributed by atoms with Gasteiger partial charge in [-0.15, -0.1) is 0 Å². The van der Waals surface area contributed by atoms with E-state index in [2.05, 4.69) is 15.5 Å². The number of amides is 1. The van der Waals surface area contributed by atoms with Gasteiger partial charge in [-0.3, -0.25) is 14.6 Å². The molecule has 3 heterocycles. The summed E-state index contributed by atoms with van der Waals surface area (Å²) in [5.74, 6) is 1.21. The van der Waals surface area contributed by atoms with Gasteiger partial charge < -0.3 is 19.1 Å².